The fraction of sp³-hybridized carbons (Fsp3) is 0.500. The molecule has 4 rings (SSSR count). The number of nitrogens with one attached hydrogen (secondary N) is 1. The number of aromatic nitrogens is 4. The van der Waals surface area contributed by atoms with Gasteiger partial charge in [-0.15, -0.1) is 11.3 Å². The molecular formula is C16H19N5OS. The molecule has 1 atom stereocenters. The molecule has 0 fully saturated rings. The number of hydrogen-bond donors (Lipinski definition) is 1. The van der Waals surface area contributed by atoms with E-state index in [-0.39, 0.29) is 6.04 Å². The maximum absolute atomic E-state index is 5.08. The van der Waals surface area contributed by atoms with Crippen LogP contribution in [0.5, 0.6) is 0 Å². The van der Waals surface area contributed by atoms with Crippen LogP contribution in [0.2, 0.25) is 0 Å². The third kappa shape index (κ3) is 2.59. The first-order valence-electron chi connectivity index (χ1n) is 7.97. The standard InChI is InChI=1S/C16H19N5OS/c1-8(14-20-10(3)22-21-14)17-15-13-11-6-4-5-7-12(11)23-16(13)19-9(2)18-15/h8H,4-7H2,1-3H3,(H,17,18,19)/t8-/m1/s1. The minimum atomic E-state index is -0.0657. The normalized spacial score (nSPS) is 15.6. The first kappa shape index (κ1) is 14.6. The Kier molecular flexibility index (Phi) is 3.52. The Balaban J connectivity index is 1.77. The van der Waals surface area contributed by atoms with Crippen LogP contribution in [-0.2, 0) is 12.8 Å². The molecule has 3 aromatic heterocycles. The molecule has 0 saturated carbocycles. The number of fused-ring (bicyclic) bond motifs is 3. The molecule has 0 aliphatic heterocycles. The molecule has 0 bridgehead atoms. The summed E-state index contributed by atoms with van der Waals surface area (Å²) in [6.07, 6.45) is 4.79. The van der Waals surface area contributed by atoms with Crippen LogP contribution in [-0.4, -0.2) is 20.1 Å². The van der Waals surface area contributed by atoms with Gasteiger partial charge in [0, 0.05) is 11.8 Å². The number of thiophene rings is 1. The molecule has 0 spiro atoms. The van der Waals surface area contributed by atoms with Gasteiger partial charge in [-0.25, -0.2) is 9.97 Å². The highest BCUT2D eigenvalue weighted by molar-refractivity contribution is 7.19. The van der Waals surface area contributed by atoms with Crippen LogP contribution < -0.4 is 5.32 Å². The molecule has 23 heavy (non-hydrogen) atoms. The smallest absolute Gasteiger partial charge is 0.223 e. The van der Waals surface area contributed by atoms with E-state index in [1.807, 2.05) is 25.2 Å². The van der Waals surface area contributed by atoms with Gasteiger partial charge in [-0.05, 0) is 45.1 Å². The zero-order valence-electron chi connectivity index (χ0n) is 13.5. The SMILES string of the molecule is Cc1nc(N[C@H](C)c2noc(C)n2)c2c3c(sc2n1)CCCC3. The van der Waals surface area contributed by atoms with Gasteiger partial charge in [-0.2, -0.15) is 4.98 Å². The van der Waals surface area contributed by atoms with Crippen molar-refractivity contribution in [3.05, 3.63) is 28.0 Å². The van der Waals surface area contributed by atoms with Crippen molar-refractivity contribution in [2.45, 2.75) is 52.5 Å². The highest BCUT2D eigenvalue weighted by atomic mass is 32.1. The van der Waals surface area contributed by atoms with Crippen molar-refractivity contribution < 1.29 is 4.52 Å². The number of aryl methyl sites for hydroxylation is 4. The van der Waals surface area contributed by atoms with Gasteiger partial charge in [0.05, 0.1) is 11.4 Å². The summed E-state index contributed by atoms with van der Waals surface area (Å²) in [4.78, 5) is 16.2. The van der Waals surface area contributed by atoms with E-state index in [1.54, 1.807) is 6.92 Å². The second-order valence-electron chi connectivity index (χ2n) is 6.05. The first-order chi connectivity index (χ1) is 11.1. The molecule has 120 valence electrons. The van der Waals surface area contributed by atoms with Crippen molar-refractivity contribution in [1.29, 1.82) is 0 Å². The van der Waals surface area contributed by atoms with Crippen LogP contribution >= 0.6 is 11.3 Å². The topological polar surface area (TPSA) is 76.7 Å². The summed E-state index contributed by atoms with van der Waals surface area (Å²) in [6, 6.07) is -0.0657. The Morgan fingerprint density at radius 3 is 2.74 bits per heavy atom. The Hall–Kier alpha value is -2.02. The zero-order valence-corrected chi connectivity index (χ0v) is 14.3. The van der Waals surface area contributed by atoms with Crippen LogP contribution in [0.1, 0.15) is 53.8 Å². The summed E-state index contributed by atoms with van der Waals surface area (Å²) in [6.45, 7) is 5.75. The summed E-state index contributed by atoms with van der Waals surface area (Å²) in [7, 11) is 0. The first-order valence-corrected chi connectivity index (χ1v) is 8.79. The fourth-order valence-electron chi connectivity index (χ4n) is 3.13. The molecule has 0 saturated heterocycles. The molecule has 0 unspecified atom stereocenters. The lowest BCUT2D eigenvalue weighted by Gasteiger charge is -2.15. The van der Waals surface area contributed by atoms with E-state index >= 15 is 0 Å². The molecule has 6 nitrogen and oxygen atoms in total. The Bertz CT molecular complexity index is 869. The van der Waals surface area contributed by atoms with E-state index in [1.165, 1.54) is 28.7 Å². The highest BCUT2D eigenvalue weighted by Crippen LogP contribution is 2.39. The average Bonchev–Trinajstić information content (AvgIpc) is 3.10. The average molecular weight is 329 g/mol. The number of hydrogen-bond acceptors (Lipinski definition) is 7. The largest absolute Gasteiger partial charge is 0.360 e. The van der Waals surface area contributed by atoms with Gasteiger partial charge in [0.15, 0.2) is 5.82 Å². The van der Waals surface area contributed by atoms with Gasteiger partial charge in [0.2, 0.25) is 5.89 Å². The molecule has 1 aliphatic carbocycles. The summed E-state index contributed by atoms with van der Waals surface area (Å²) < 4.78 is 5.08. The van der Waals surface area contributed by atoms with Crippen molar-refractivity contribution in [1.82, 2.24) is 20.1 Å². The van der Waals surface area contributed by atoms with Crippen LogP contribution in [0.25, 0.3) is 10.2 Å². The van der Waals surface area contributed by atoms with Crippen LogP contribution in [0.15, 0.2) is 4.52 Å². The van der Waals surface area contributed by atoms with E-state index in [4.69, 9.17) is 4.52 Å². The van der Waals surface area contributed by atoms with E-state index in [9.17, 15) is 0 Å². The van der Waals surface area contributed by atoms with E-state index in [0.29, 0.717) is 11.7 Å². The lowest BCUT2D eigenvalue weighted by atomic mass is 9.97. The maximum atomic E-state index is 5.08. The van der Waals surface area contributed by atoms with Crippen molar-refractivity contribution in [2.75, 3.05) is 5.32 Å². The molecule has 3 aromatic rings. The van der Waals surface area contributed by atoms with Gasteiger partial charge < -0.3 is 9.84 Å². The van der Waals surface area contributed by atoms with Crippen LogP contribution in [0.4, 0.5) is 5.82 Å². The molecule has 0 amide bonds. The maximum Gasteiger partial charge on any atom is 0.223 e. The van der Waals surface area contributed by atoms with E-state index < -0.39 is 0 Å². The summed E-state index contributed by atoms with van der Waals surface area (Å²) >= 11 is 1.81. The molecular weight excluding hydrogens is 310 g/mol. The van der Waals surface area contributed by atoms with E-state index in [0.717, 1.165) is 29.3 Å². The molecule has 7 heteroatoms. The van der Waals surface area contributed by atoms with Crippen molar-refractivity contribution in [2.24, 2.45) is 0 Å². The lowest BCUT2D eigenvalue weighted by molar-refractivity contribution is 0.385. The highest BCUT2D eigenvalue weighted by Gasteiger charge is 2.22. The number of nitrogens with zero attached hydrogens (tertiary/aromatic N) is 4. The van der Waals surface area contributed by atoms with Crippen molar-refractivity contribution in [3.8, 4) is 0 Å². The molecule has 0 radical (unpaired) electrons. The van der Waals surface area contributed by atoms with Gasteiger partial charge >= 0.3 is 0 Å². The number of rotatable bonds is 3. The minimum absolute atomic E-state index is 0.0657. The van der Waals surface area contributed by atoms with Gasteiger partial charge in [-0.1, -0.05) is 5.16 Å². The van der Waals surface area contributed by atoms with Gasteiger partial charge in [0.1, 0.15) is 16.5 Å². The molecule has 0 aromatic carbocycles. The second kappa shape index (κ2) is 5.56. The third-order valence-corrected chi connectivity index (χ3v) is 5.40. The quantitative estimate of drug-likeness (QED) is 0.789. The summed E-state index contributed by atoms with van der Waals surface area (Å²) in [5, 5.41) is 8.64. The Morgan fingerprint density at radius 2 is 1.96 bits per heavy atom. The van der Waals surface area contributed by atoms with Crippen LogP contribution in [0.3, 0.4) is 0 Å². The van der Waals surface area contributed by atoms with E-state index in [2.05, 4.69) is 25.4 Å². The van der Waals surface area contributed by atoms with Gasteiger partial charge in [-0.3, -0.25) is 0 Å². The van der Waals surface area contributed by atoms with Crippen molar-refractivity contribution >= 4 is 27.4 Å². The summed E-state index contributed by atoms with van der Waals surface area (Å²) in [5.41, 5.74) is 1.43. The second-order valence-corrected chi connectivity index (χ2v) is 7.13. The van der Waals surface area contributed by atoms with Crippen LogP contribution in [0, 0.1) is 13.8 Å². The predicted octanol–water partition coefficient (Wildman–Crippen LogP) is 3.74. The third-order valence-electron chi connectivity index (χ3n) is 4.21. The fourth-order valence-corrected chi connectivity index (χ4v) is 4.44. The number of anilines is 1. The summed E-state index contributed by atoms with van der Waals surface area (Å²) in [5.74, 6) is 2.90. The van der Waals surface area contributed by atoms with Gasteiger partial charge in [0.25, 0.3) is 0 Å². The lowest BCUT2D eigenvalue weighted by Crippen LogP contribution is -2.11. The molecule has 1 N–H and O–H groups in total. The Labute approximate surface area is 138 Å². The Morgan fingerprint density at radius 1 is 1.13 bits per heavy atom. The molecule has 1 aliphatic rings. The van der Waals surface area contributed by atoms with Crippen molar-refractivity contribution in [3.63, 3.8) is 0 Å². The monoisotopic (exact) mass is 329 g/mol. The predicted molar refractivity (Wildman–Crippen MR) is 89.9 cm³/mol. The minimum Gasteiger partial charge on any atom is -0.360 e. The molecule has 3 heterocycles. The zero-order chi connectivity index (χ0) is 16.0.